The second-order valence-corrected chi connectivity index (χ2v) is 5.50. The highest BCUT2D eigenvalue weighted by atomic mass is 32.2. The molecule has 1 N–H and O–H groups in total. The smallest absolute Gasteiger partial charge is 0.195 e. The van der Waals surface area contributed by atoms with Gasteiger partial charge in [0, 0.05) is 11.9 Å². The van der Waals surface area contributed by atoms with Gasteiger partial charge in [-0.3, -0.25) is 4.40 Å². The Balaban J connectivity index is 1.72. The molecule has 21 heavy (non-hydrogen) atoms. The molecule has 5 nitrogen and oxygen atoms in total. The molecule has 2 heterocycles. The SMILES string of the molecule is COc1cccc(C(O)CSc2nnc3ccccn23)c1. The number of benzene rings is 1. The van der Waals surface area contributed by atoms with E-state index < -0.39 is 6.10 Å². The van der Waals surface area contributed by atoms with Gasteiger partial charge in [-0.2, -0.15) is 0 Å². The highest BCUT2D eigenvalue weighted by Gasteiger charge is 2.12. The van der Waals surface area contributed by atoms with Gasteiger partial charge in [0.25, 0.3) is 0 Å². The van der Waals surface area contributed by atoms with Crippen molar-refractivity contribution >= 4 is 17.4 Å². The molecule has 0 aliphatic carbocycles. The van der Waals surface area contributed by atoms with Gasteiger partial charge >= 0.3 is 0 Å². The molecule has 0 aliphatic heterocycles. The van der Waals surface area contributed by atoms with Crippen molar-refractivity contribution in [3.05, 3.63) is 54.2 Å². The van der Waals surface area contributed by atoms with Crippen molar-refractivity contribution in [2.45, 2.75) is 11.3 Å². The van der Waals surface area contributed by atoms with Gasteiger partial charge in [-0.05, 0) is 29.8 Å². The zero-order valence-corrected chi connectivity index (χ0v) is 12.3. The van der Waals surface area contributed by atoms with Crippen molar-refractivity contribution in [2.75, 3.05) is 12.9 Å². The van der Waals surface area contributed by atoms with Crippen LogP contribution in [0.15, 0.2) is 53.8 Å². The summed E-state index contributed by atoms with van der Waals surface area (Å²) in [5.41, 5.74) is 1.63. The van der Waals surface area contributed by atoms with Crippen LogP contribution in [0.1, 0.15) is 11.7 Å². The van der Waals surface area contributed by atoms with E-state index in [0.717, 1.165) is 22.1 Å². The third-order valence-electron chi connectivity index (χ3n) is 3.13. The minimum Gasteiger partial charge on any atom is -0.497 e. The first-order valence-corrected chi connectivity index (χ1v) is 7.51. The number of rotatable bonds is 5. The lowest BCUT2D eigenvalue weighted by atomic mass is 10.1. The van der Waals surface area contributed by atoms with E-state index in [4.69, 9.17) is 4.74 Å². The first kappa shape index (κ1) is 13.9. The number of methoxy groups -OCH3 is 1. The lowest BCUT2D eigenvalue weighted by Crippen LogP contribution is -2.01. The second-order valence-electron chi connectivity index (χ2n) is 4.51. The molecule has 0 aliphatic rings. The van der Waals surface area contributed by atoms with Gasteiger partial charge in [-0.15, -0.1) is 10.2 Å². The van der Waals surface area contributed by atoms with E-state index >= 15 is 0 Å². The fraction of sp³-hybridized carbons (Fsp3) is 0.200. The molecule has 1 unspecified atom stereocenters. The van der Waals surface area contributed by atoms with Gasteiger partial charge < -0.3 is 9.84 Å². The molecule has 0 spiro atoms. The predicted octanol–water partition coefficient (Wildman–Crippen LogP) is 2.56. The molecule has 0 saturated carbocycles. The Morgan fingerprint density at radius 2 is 2.14 bits per heavy atom. The number of pyridine rings is 1. The molecule has 0 saturated heterocycles. The Hall–Kier alpha value is -2.05. The summed E-state index contributed by atoms with van der Waals surface area (Å²) in [4.78, 5) is 0. The number of thioether (sulfide) groups is 1. The Labute approximate surface area is 126 Å². The number of fused-ring (bicyclic) bond motifs is 1. The molecule has 1 atom stereocenters. The first-order chi connectivity index (χ1) is 10.3. The van der Waals surface area contributed by atoms with Crippen LogP contribution in [0.25, 0.3) is 5.65 Å². The highest BCUT2D eigenvalue weighted by Crippen LogP contribution is 2.25. The Morgan fingerprint density at radius 1 is 1.24 bits per heavy atom. The van der Waals surface area contributed by atoms with Crippen LogP contribution in [0.2, 0.25) is 0 Å². The summed E-state index contributed by atoms with van der Waals surface area (Å²) in [6.07, 6.45) is 1.33. The number of aliphatic hydroxyl groups excluding tert-OH is 1. The third-order valence-corrected chi connectivity index (χ3v) is 4.15. The van der Waals surface area contributed by atoms with Gasteiger partial charge in [0.05, 0.1) is 13.2 Å². The van der Waals surface area contributed by atoms with Crippen molar-refractivity contribution in [3.63, 3.8) is 0 Å². The molecule has 3 aromatic rings. The number of aliphatic hydroxyl groups is 1. The Bertz CT molecular complexity index is 744. The zero-order valence-electron chi connectivity index (χ0n) is 11.5. The summed E-state index contributed by atoms with van der Waals surface area (Å²) in [6, 6.07) is 13.2. The monoisotopic (exact) mass is 301 g/mol. The van der Waals surface area contributed by atoms with Crippen LogP contribution in [-0.2, 0) is 0 Å². The number of aromatic nitrogens is 3. The molecular formula is C15H15N3O2S. The van der Waals surface area contributed by atoms with Crippen LogP contribution in [0.5, 0.6) is 5.75 Å². The molecule has 1 aromatic carbocycles. The number of nitrogens with zero attached hydrogens (tertiary/aromatic N) is 3. The molecule has 6 heteroatoms. The van der Waals surface area contributed by atoms with Gasteiger partial charge in [-0.1, -0.05) is 30.0 Å². The van der Waals surface area contributed by atoms with E-state index in [1.807, 2.05) is 53.1 Å². The molecule has 2 aromatic heterocycles. The zero-order chi connectivity index (χ0) is 14.7. The average Bonchev–Trinajstić information content (AvgIpc) is 2.96. The maximum Gasteiger partial charge on any atom is 0.195 e. The fourth-order valence-corrected chi connectivity index (χ4v) is 2.91. The summed E-state index contributed by atoms with van der Waals surface area (Å²) < 4.78 is 7.07. The van der Waals surface area contributed by atoms with Crippen LogP contribution in [-0.4, -0.2) is 32.6 Å². The van der Waals surface area contributed by atoms with E-state index in [0.29, 0.717) is 5.75 Å². The van der Waals surface area contributed by atoms with Crippen LogP contribution in [0, 0.1) is 0 Å². The minimum atomic E-state index is -0.582. The van der Waals surface area contributed by atoms with Crippen LogP contribution < -0.4 is 4.74 Å². The second kappa shape index (κ2) is 6.15. The number of ether oxygens (including phenoxy) is 1. The molecular weight excluding hydrogens is 286 g/mol. The quantitative estimate of drug-likeness (QED) is 0.734. The molecule has 108 valence electrons. The van der Waals surface area contributed by atoms with Crippen molar-refractivity contribution in [1.29, 1.82) is 0 Å². The van der Waals surface area contributed by atoms with E-state index in [1.165, 1.54) is 11.8 Å². The van der Waals surface area contributed by atoms with Crippen LogP contribution in [0.3, 0.4) is 0 Å². The van der Waals surface area contributed by atoms with Crippen molar-refractivity contribution < 1.29 is 9.84 Å². The first-order valence-electron chi connectivity index (χ1n) is 6.52. The summed E-state index contributed by atoms with van der Waals surface area (Å²) in [7, 11) is 1.61. The normalized spacial score (nSPS) is 12.5. The van der Waals surface area contributed by atoms with Crippen molar-refractivity contribution in [1.82, 2.24) is 14.6 Å². The Kier molecular flexibility index (Phi) is 4.08. The fourth-order valence-electron chi connectivity index (χ4n) is 2.02. The summed E-state index contributed by atoms with van der Waals surface area (Å²) in [5, 5.41) is 19.3. The average molecular weight is 301 g/mol. The standard InChI is InChI=1S/C15H15N3O2S/c1-20-12-6-4-5-11(9-12)13(19)10-21-15-17-16-14-7-2-3-8-18(14)15/h2-9,13,19H,10H2,1H3. The lowest BCUT2D eigenvalue weighted by molar-refractivity contribution is 0.203. The third kappa shape index (κ3) is 3.01. The largest absolute Gasteiger partial charge is 0.497 e. The summed E-state index contributed by atoms with van der Waals surface area (Å²) in [5.74, 6) is 1.24. The highest BCUT2D eigenvalue weighted by molar-refractivity contribution is 7.99. The molecule has 0 bridgehead atoms. The molecule has 0 amide bonds. The molecule has 0 radical (unpaired) electrons. The van der Waals surface area contributed by atoms with E-state index in [-0.39, 0.29) is 0 Å². The maximum atomic E-state index is 10.3. The topological polar surface area (TPSA) is 59.7 Å². The number of hydrogen-bond acceptors (Lipinski definition) is 5. The Morgan fingerprint density at radius 3 is 3.00 bits per heavy atom. The minimum absolute atomic E-state index is 0.503. The van der Waals surface area contributed by atoms with Gasteiger partial charge in [0.1, 0.15) is 5.75 Å². The number of hydrogen-bond donors (Lipinski definition) is 1. The van der Waals surface area contributed by atoms with Crippen LogP contribution in [0.4, 0.5) is 0 Å². The molecule has 3 rings (SSSR count). The molecule has 0 fully saturated rings. The predicted molar refractivity (Wildman–Crippen MR) is 81.7 cm³/mol. The van der Waals surface area contributed by atoms with E-state index in [9.17, 15) is 5.11 Å². The van der Waals surface area contributed by atoms with Crippen LogP contribution >= 0.6 is 11.8 Å². The van der Waals surface area contributed by atoms with E-state index in [2.05, 4.69) is 10.2 Å². The maximum absolute atomic E-state index is 10.3. The lowest BCUT2D eigenvalue weighted by Gasteiger charge is -2.11. The van der Waals surface area contributed by atoms with Crippen molar-refractivity contribution in [3.8, 4) is 5.75 Å². The van der Waals surface area contributed by atoms with Gasteiger partial charge in [0.2, 0.25) is 0 Å². The summed E-state index contributed by atoms with van der Waals surface area (Å²) in [6.45, 7) is 0. The van der Waals surface area contributed by atoms with Gasteiger partial charge in [0.15, 0.2) is 10.8 Å². The summed E-state index contributed by atoms with van der Waals surface area (Å²) >= 11 is 1.47. The van der Waals surface area contributed by atoms with Gasteiger partial charge in [-0.25, -0.2) is 0 Å². The van der Waals surface area contributed by atoms with Crippen molar-refractivity contribution in [2.24, 2.45) is 0 Å². The van der Waals surface area contributed by atoms with E-state index in [1.54, 1.807) is 7.11 Å².